The number of anilines is 1. The van der Waals surface area contributed by atoms with E-state index in [0.29, 0.717) is 56.3 Å². The van der Waals surface area contributed by atoms with E-state index >= 15 is 0 Å². The second kappa shape index (κ2) is 13.6. The number of imide groups is 1. The summed E-state index contributed by atoms with van der Waals surface area (Å²) in [5.41, 5.74) is 4.85. The van der Waals surface area contributed by atoms with Crippen LogP contribution in [-0.2, 0) is 22.6 Å². The zero-order valence-corrected chi connectivity index (χ0v) is 25.3. The fraction of sp³-hybridized carbons (Fsp3) is 0.265. The monoisotopic (exact) mass is 597 g/mol. The summed E-state index contributed by atoms with van der Waals surface area (Å²) >= 11 is 0.836. The molecule has 43 heavy (non-hydrogen) atoms. The van der Waals surface area contributed by atoms with Gasteiger partial charge in [-0.25, -0.2) is 0 Å². The lowest BCUT2D eigenvalue weighted by Gasteiger charge is -2.36. The highest BCUT2D eigenvalue weighted by molar-refractivity contribution is 8.18. The molecule has 5 rings (SSSR count). The minimum atomic E-state index is -0.477. The summed E-state index contributed by atoms with van der Waals surface area (Å²) in [7, 11) is 1.56. The van der Waals surface area contributed by atoms with Crippen LogP contribution in [0.5, 0.6) is 11.5 Å². The van der Waals surface area contributed by atoms with Gasteiger partial charge in [0.1, 0.15) is 13.2 Å². The van der Waals surface area contributed by atoms with E-state index in [0.717, 1.165) is 33.5 Å². The third-order valence-corrected chi connectivity index (χ3v) is 8.37. The second-order valence-electron chi connectivity index (χ2n) is 10.4. The van der Waals surface area contributed by atoms with Crippen molar-refractivity contribution in [2.24, 2.45) is 0 Å². The smallest absolute Gasteiger partial charge is 0.294 e. The summed E-state index contributed by atoms with van der Waals surface area (Å²) in [5, 5.41) is -0.455. The molecule has 3 aromatic rings. The lowest BCUT2D eigenvalue weighted by molar-refractivity contribution is -0.136. The molecule has 0 N–H and O–H groups in total. The number of nitrogens with zero attached hydrogens (tertiary/aromatic N) is 3. The molecule has 3 aromatic carbocycles. The molecule has 0 aromatic heterocycles. The Balaban J connectivity index is 1.26. The Hall–Kier alpha value is -4.50. The molecule has 8 nitrogen and oxygen atoms in total. The SMILES string of the molecule is C=CCc1cc(/C=C2/SC(=O)N(CC(=O)N3CCN(c4ccccc4)CC3)C2=O)cc(OC)c1OCc1ccc(C)cc1. The van der Waals surface area contributed by atoms with Crippen LogP contribution in [0.3, 0.4) is 0 Å². The molecule has 0 bridgehead atoms. The number of carbonyl (C=O) groups is 3. The summed E-state index contributed by atoms with van der Waals surface area (Å²) in [6.45, 7) is 8.45. The first kappa shape index (κ1) is 30.0. The number of aryl methyl sites for hydroxylation is 1. The van der Waals surface area contributed by atoms with Gasteiger partial charge in [-0.05, 0) is 66.6 Å². The molecule has 9 heteroatoms. The number of piperazine rings is 1. The quantitative estimate of drug-likeness (QED) is 0.219. The summed E-state index contributed by atoms with van der Waals surface area (Å²) < 4.78 is 11.8. The molecule has 2 aliphatic heterocycles. The van der Waals surface area contributed by atoms with Gasteiger partial charge in [0.05, 0.1) is 12.0 Å². The molecule has 0 saturated carbocycles. The van der Waals surface area contributed by atoms with Crippen LogP contribution < -0.4 is 14.4 Å². The fourth-order valence-electron chi connectivity index (χ4n) is 5.11. The van der Waals surface area contributed by atoms with Crippen LogP contribution in [0.4, 0.5) is 10.5 Å². The van der Waals surface area contributed by atoms with Crippen molar-refractivity contribution in [3.05, 3.63) is 107 Å². The Morgan fingerprint density at radius 3 is 2.40 bits per heavy atom. The largest absolute Gasteiger partial charge is 0.493 e. The summed E-state index contributed by atoms with van der Waals surface area (Å²) in [5.74, 6) is 0.407. The highest BCUT2D eigenvalue weighted by Gasteiger charge is 2.37. The Labute approximate surface area is 256 Å². The Bertz CT molecular complexity index is 1530. The van der Waals surface area contributed by atoms with Crippen LogP contribution in [0.15, 0.2) is 84.3 Å². The third-order valence-electron chi connectivity index (χ3n) is 7.46. The van der Waals surface area contributed by atoms with Gasteiger partial charge in [-0.15, -0.1) is 6.58 Å². The van der Waals surface area contributed by atoms with Crippen LogP contribution in [0.1, 0.15) is 22.3 Å². The molecule has 0 atom stereocenters. The predicted octanol–water partition coefficient (Wildman–Crippen LogP) is 5.70. The number of benzene rings is 3. The van der Waals surface area contributed by atoms with E-state index in [1.54, 1.807) is 30.2 Å². The number of amides is 3. The van der Waals surface area contributed by atoms with Crippen LogP contribution in [0.2, 0.25) is 0 Å². The molecule has 0 spiro atoms. The molecule has 0 unspecified atom stereocenters. The highest BCUT2D eigenvalue weighted by Crippen LogP contribution is 2.37. The number of rotatable bonds is 10. The van der Waals surface area contributed by atoms with E-state index in [2.05, 4.69) is 11.5 Å². The minimum absolute atomic E-state index is 0.235. The molecule has 2 fully saturated rings. The molecule has 2 heterocycles. The van der Waals surface area contributed by atoms with Crippen LogP contribution >= 0.6 is 11.8 Å². The molecule has 0 radical (unpaired) electrons. The summed E-state index contributed by atoms with van der Waals surface area (Å²) in [6.07, 6.45) is 3.96. The zero-order valence-electron chi connectivity index (χ0n) is 24.5. The van der Waals surface area contributed by atoms with Crippen molar-refractivity contribution < 1.29 is 23.9 Å². The van der Waals surface area contributed by atoms with Crippen molar-refractivity contribution in [2.75, 3.05) is 44.7 Å². The van der Waals surface area contributed by atoms with Gasteiger partial charge in [0.2, 0.25) is 5.91 Å². The molecular formula is C34H35N3O5S. The van der Waals surface area contributed by atoms with Crippen LogP contribution in [0, 0.1) is 6.92 Å². The van der Waals surface area contributed by atoms with Gasteiger partial charge in [-0.1, -0.05) is 54.1 Å². The number of hydrogen-bond donors (Lipinski definition) is 0. The van der Waals surface area contributed by atoms with E-state index in [9.17, 15) is 14.4 Å². The van der Waals surface area contributed by atoms with E-state index in [-0.39, 0.29) is 17.4 Å². The number of carbonyl (C=O) groups excluding carboxylic acids is 3. The molecule has 2 saturated heterocycles. The van der Waals surface area contributed by atoms with Crippen molar-refractivity contribution in [3.8, 4) is 11.5 Å². The summed E-state index contributed by atoms with van der Waals surface area (Å²) in [6, 6.07) is 21.9. The van der Waals surface area contributed by atoms with Gasteiger partial charge in [-0.2, -0.15) is 0 Å². The molecule has 2 aliphatic rings. The molecule has 222 valence electrons. The number of methoxy groups -OCH3 is 1. The first-order valence-electron chi connectivity index (χ1n) is 14.2. The van der Waals surface area contributed by atoms with Crippen molar-refractivity contribution >= 4 is 40.6 Å². The van der Waals surface area contributed by atoms with Gasteiger partial charge < -0.3 is 19.3 Å². The van der Waals surface area contributed by atoms with Crippen molar-refractivity contribution in [1.82, 2.24) is 9.80 Å². The number of thioether (sulfide) groups is 1. The van der Waals surface area contributed by atoms with Gasteiger partial charge in [0, 0.05) is 37.4 Å². The van der Waals surface area contributed by atoms with Gasteiger partial charge >= 0.3 is 0 Å². The van der Waals surface area contributed by atoms with Crippen LogP contribution in [0.25, 0.3) is 6.08 Å². The Kier molecular flexibility index (Phi) is 9.51. The van der Waals surface area contributed by atoms with Crippen molar-refractivity contribution in [3.63, 3.8) is 0 Å². The first-order chi connectivity index (χ1) is 20.9. The standard InChI is InChI=1S/C34H35N3O5S/c1-4-8-27-19-26(20-29(41-3)32(27)42-23-25-13-11-24(2)12-14-25)21-30-33(39)37(34(40)43-30)22-31(38)36-17-15-35(16-18-36)28-9-6-5-7-10-28/h4-7,9-14,19-21H,1,8,15-18,22-23H2,2-3H3/b30-21+. The third kappa shape index (κ3) is 7.11. The topological polar surface area (TPSA) is 79.4 Å². The van der Waals surface area contributed by atoms with Gasteiger partial charge in [0.15, 0.2) is 11.5 Å². The maximum absolute atomic E-state index is 13.3. The first-order valence-corrected chi connectivity index (χ1v) is 15.0. The fourth-order valence-corrected chi connectivity index (χ4v) is 5.94. The van der Waals surface area contributed by atoms with Crippen molar-refractivity contribution in [1.29, 1.82) is 0 Å². The van der Waals surface area contributed by atoms with Crippen molar-refractivity contribution in [2.45, 2.75) is 20.0 Å². The van der Waals surface area contributed by atoms with Gasteiger partial charge in [-0.3, -0.25) is 19.3 Å². The van der Waals surface area contributed by atoms with E-state index in [1.807, 2.05) is 67.6 Å². The molecule has 0 aliphatic carbocycles. The highest BCUT2D eigenvalue weighted by atomic mass is 32.2. The lowest BCUT2D eigenvalue weighted by Crippen LogP contribution is -2.51. The number of allylic oxidation sites excluding steroid dienone is 1. The average Bonchev–Trinajstić information content (AvgIpc) is 3.28. The zero-order chi connectivity index (χ0) is 30.3. The normalized spacial score (nSPS) is 16.1. The minimum Gasteiger partial charge on any atom is -0.493 e. The molecular weight excluding hydrogens is 562 g/mol. The van der Waals surface area contributed by atoms with Gasteiger partial charge in [0.25, 0.3) is 11.1 Å². The van der Waals surface area contributed by atoms with E-state index < -0.39 is 11.1 Å². The Morgan fingerprint density at radius 2 is 1.72 bits per heavy atom. The molecule has 3 amide bonds. The van der Waals surface area contributed by atoms with Crippen LogP contribution in [-0.4, -0.2) is 66.7 Å². The number of ether oxygens (including phenoxy) is 2. The predicted molar refractivity (Wildman–Crippen MR) is 170 cm³/mol. The lowest BCUT2D eigenvalue weighted by atomic mass is 10.0. The maximum Gasteiger partial charge on any atom is 0.294 e. The average molecular weight is 598 g/mol. The maximum atomic E-state index is 13.3. The Morgan fingerprint density at radius 1 is 1.00 bits per heavy atom. The number of hydrogen-bond acceptors (Lipinski definition) is 7. The van der Waals surface area contributed by atoms with E-state index in [4.69, 9.17) is 9.47 Å². The van der Waals surface area contributed by atoms with E-state index in [1.165, 1.54) is 5.56 Å². The summed E-state index contributed by atoms with van der Waals surface area (Å²) in [4.78, 5) is 44.4. The second-order valence-corrected chi connectivity index (χ2v) is 11.4. The number of para-hydroxylation sites is 1.